The quantitative estimate of drug-likeness (QED) is 0.710. The lowest BCUT2D eigenvalue weighted by atomic mass is 10.2. The molecule has 0 aliphatic heterocycles. The molecular formula is C12H15N3O2. The van der Waals surface area contributed by atoms with E-state index in [1.165, 1.54) is 0 Å². The van der Waals surface area contributed by atoms with Gasteiger partial charge in [0.1, 0.15) is 0 Å². The van der Waals surface area contributed by atoms with Crippen LogP contribution in [0.25, 0.3) is 0 Å². The van der Waals surface area contributed by atoms with Crippen LogP contribution in [0.5, 0.6) is 0 Å². The fraction of sp³-hybridized carbons (Fsp3) is 0.333. The van der Waals surface area contributed by atoms with Gasteiger partial charge in [0.15, 0.2) is 0 Å². The van der Waals surface area contributed by atoms with Gasteiger partial charge in [0, 0.05) is 19.3 Å². The highest BCUT2D eigenvalue weighted by Gasteiger charge is 2.00. The zero-order chi connectivity index (χ0) is 12.5. The lowest BCUT2D eigenvalue weighted by molar-refractivity contribution is -0.119. The second-order valence-corrected chi connectivity index (χ2v) is 3.39. The Kier molecular flexibility index (Phi) is 5.55. The Morgan fingerprint density at radius 3 is 3.06 bits per heavy atom. The first-order valence-corrected chi connectivity index (χ1v) is 5.26. The van der Waals surface area contributed by atoms with Crippen LogP contribution in [0.2, 0.25) is 0 Å². The molecule has 0 saturated carbocycles. The van der Waals surface area contributed by atoms with Gasteiger partial charge >= 0.3 is 0 Å². The normalized spacial score (nSPS) is 9.41. The molecule has 0 fully saturated rings. The number of ether oxygens (including phenoxy) is 1. The topological polar surface area (TPSA) is 74.2 Å². The maximum absolute atomic E-state index is 11.4. The number of amides is 1. The number of carbonyl (C=O) groups is 1. The standard InChI is InChI=1S/C12H15N3O2/c1-17-6-5-14-12(16)9-15-11-4-2-3-10(7-11)8-13/h2-4,7,15H,5-6,9H2,1H3,(H,14,16). The summed E-state index contributed by atoms with van der Waals surface area (Å²) in [6.07, 6.45) is 0. The maximum atomic E-state index is 11.4. The minimum Gasteiger partial charge on any atom is -0.383 e. The zero-order valence-electron chi connectivity index (χ0n) is 9.69. The number of rotatable bonds is 6. The number of anilines is 1. The molecule has 0 spiro atoms. The van der Waals surface area contributed by atoms with Crippen LogP contribution >= 0.6 is 0 Å². The van der Waals surface area contributed by atoms with Crippen LogP contribution in [-0.4, -0.2) is 32.7 Å². The van der Waals surface area contributed by atoms with Gasteiger partial charge in [-0.2, -0.15) is 5.26 Å². The summed E-state index contributed by atoms with van der Waals surface area (Å²) in [4.78, 5) is 11.4. The van der Waals surface area contributed by atoms with E-state index in [-0.39, 0.29) is 12.5 Å². The van der Waals surface area contributed by atoms with Gasteiger partial charge in [0.25, 0.3) is 0 Å². The first kappa shape index (κ1) is 13.0. The molecule has 2 N–H and O–H groups in total. The van der Waals surface area contributed by atoms with Gasteiger partial charge in [0.05, 0.1) is 24.8 Å². The molecule has 1 aromatic carbocycles. The molecule has 5 heteroatoms. The number of nitrogens with one attached hydrogen (secondary N) is 2. The molecule has 1 aromatic rings. The molecule has 1 rings (SSSR count). The zero-order valence-corrected chi connectivity index (χ0v) is 9.69. The van der Waals surface area contributed by atoms with Gasteiger partial charge in [-0.05, 0) is 18.2 Å². The average Bonchev–Trinajstić information content (AvgIpc) is 2.37. The van der Waals surface area contributed by atoms with Crippen LogP contribution < -0.4 is 10.6 Å². The van der Waals surface area contributed by atoms with Crippen molar-refractivity contribution in [2.45, 2.75) is 0 Å². The summed E-state index contributed by atoms with van der Waals surface area (Å²) >= 11 is 0. The first-order valence-electron chi connectivity index (χ1n) is 5.26. The Bertz CT molecular complexity index is 412. The van der Waals surface area contributed by atoms with Gasteiger partial charge in [0.2, 0.25) is 5.91 Å². The Labute approximate surface area is 100 Å². The van der Waals surface area contributed by atoms with Gasteiger partial charge in [-0.3, -0.25) is 4.79 Å². The predicted octanol–water partition coefficient (Wildman–Crippen LogP) is 0.733. The van der Waals surface area contributed by atoms with Crippen molar-refractivity contribution in [3.8, 4) is 6.07 Å². The van der Waals surface area contributed by atoms with E-state index < -0.39 is 0 Å². The highest BCUT2D eigenvalue weighted by molar-refractivity contribution is 5.80. The molecule has 0 saturated heterocycles. The molecule has 0 aliphatic rings. The summed E-state index contributed by atoms with van der Waals surface area (Å²) in [6, 6.07) is 9.03. The second-order valence-electron chi connectivity index (χ2n) is 3.39. The Morgan fingerprint density at radius 2 is 2.35 bits per heavy atom. The molecule has 0 radical (unpaired) electrons. The molecule has 5 nitrogen and oxygen atoms in total. The SMILES string of the molecule is COCCNC(=O)CNc1cccc(C#N)c1. The van der Waals surface area contributed by atoms with E-state index in [0.29, 0.717) is 18.7 Å². The van der Waals surface area contributed by atoms with Crippen LogP contribution in [0.4, 0.5) is 5.69 Å². The van der Waals surface area contributed by atoms with Crippen molar-refractivity contribution in [2.75, 3.05) is 32.1 Å². The summed E-state index contributed by atoms with van der Waals surface area (Å²) in [5.74, 6) is -0.107. The number of hydrogen-bond acceptors (Lipinski definition) is 4. The van der Waals surface area contributed by atoms with Crippen LogP contribution in [0.1, 0.15) is 5.56 Å². The Morgan fingerprint density at radius 1 is 1.53 bits per heavy atom. The first-order chi connectivity index (χ1) is 8.26. The smallest absolute Gasteiger partial charge is 0.239 e. The number of methoxy groups -OCH3 is 1. The predicted molar refractivity (Wildman–Crippen MR) is 64.5 cm³/mol. The number of nitrogens with zero attached hydrogens (tertiary/aromatic N) is 1. The summed E-state index contributed by atoms with van der Waals surface area (Å²) in [7, 11) is 1.58. The van der Waals surface area contributed by atoms with Crippen molar-refractivity contribution in [2.24, 2.45) is 0 Å². The molecule has 0 heterocycles. The third kappa shape index (κ3) is 5.00. The summed E-state index contributed by atoms with van der Waals surface area (Å²) in [5.41, 5.74) is 1.32. The van der Waals surface area contributed by atoms with Gasteiger partial charge < -0.3 is 15.4 Å². The molecule has 0 unspecified atom stereocenters. The van der Waals surface area contributed by atoms with E-state index in [0.717, 1.165) is 5.69 Å². The van der Waals surface area contributed by atoms with E-state index in [4.69, 9.17) is 10.00 Å². The lowest BCUT2D eigenvalue weighted by Crippen LogP contribution is -2.32. The third-order valence-corrected chi connectivity index (χ3v) is 2.07. The largest absolute Gasteiger partial charge is 0.383 e. The minimum atomic E-state index is -0.107. The molecule has 90 valence electrons. The summed E-state index contributed by atoms with van der Waals surface area (Å²) in [5, 5.41) is 14.3. The van der Waals surface area contributed by atoms with E-state index >= 15 is 0 Å². The van der Waals surface area contributed by atoms with Gasteiger partial charge in [-0.1, -0.05) is 6.07 Å². The highest BCUT2D eigenvalue weighted by Crippen LogP contribution is 2.08. The monoisotopic (exact) mass is 233 g/mol. The molecule has 17 heavy (non-hydrogen) atoms. The van der Waals surface area contributed by atoms with Gasteiger partial charge in [-0.25, -0.2) is 0 Å². The fourth-order valence-corrected chi connectivity index (χ4v) is 1.24. The number of carbonyl (C=O) groups excluding carboxylic acids is 1. The Hall–Kier alpha value is -2.06. The highest BCUT2D eigenvalue weighted by atomic mass is 16.5. The van der Waals surface area contributed by atoms with Gasteiger partial charge in [-0.15, -0.1) is 0 Å². The van der Waals surface area contributed by atoms with Crippen LogP contribution in [0.3, 0.4) is 0 Å². The van der Waals surface area contributed by atoms with Crippen LogP contribution in [0.15, 0.2) is 24.3 Å². The van der Waals surface area contributed by atoms with Crippen molar-refractivity contribution in [3.63, 3.8) is 0 Å². The molecule has 0 atom stereocenters. The molecule has 0 bridgehead atoms. The Balaban J connectivity index is 2.34. The summed E-state index contributed by atoms with van der Waals surface area (Å²) < 4.78 is 4.81. The van der Waals surface area contributed by atoms with E-state index in [1.807, 2.05) is 12.1 Å². The number of benzene rings is 1. The number of nitriles is 1. The fourth-order valence-electron chi connectivity index (χ4n) is 1.24. The average molecular weight is 233 g/mol. The van der Waals surface area contributed by atoms with E-state index in [1.54, 1.807) is 25.3 Å². The van der Waals surface area contributed by atoms with Crippen molar-refractivity contribution in [1.29, 1.82) is 5.26 Å². The van der Waals surface area contributed by atoms with Crippen molar-refractivity contribution in [3.05, 3.63) is 29.8 Å². The van der Waals surface area contributed by atoms with E-state index in [9.17, 15) is 4.79 Å². The van der Waals surface area contributed by atoms with Crippen LogP contribution in [0, 0.1) is 11.3 Å². The number of hydrogen-bond donors (Lipinski definition) is 2. The minimum absolute atomic E-state index is 0.107. The third-order valence-electron chi connectivity index (χ3n) is 2.07. The summed E-state index contributed by atoms with van der Waals surface area (Å²) in [6.45, 7) is 1.17. The van der Waals surface area contributed by atoms with Crippen molar-refractivity contribution in [1.82, 2.24) is 5.32 Å². The van der Waals surface area contributed by atoms with Crippen LogP contribution in [-0.2, 0) is 9.53 Å². The molecule has 0 aliphatic carbocycles. The van der Waals surface area contributed by atoms with Crippen molar-refractivity contribution < 1.29 is 9.53 Å². The molecular weight excluding hydrogens is 218 g/mol. The maximum Gasteiger partial charge on any atom is 0.239 e. The molecule has 0 aromatic heterocycles. The second kappa shape index (κ2) is 7.25. The van der Waals surface area contributed by atoms with E-state index in [2.05, 4.69) is 10.6 Å². The van der Waals surface area contributed by atoms with Crippen molar-refractivity contribution >= 4 is 11.6 Å². The lowest BCUT2D eigenvalue weighted by Gasteiger charge is -2.07. The molecule has 1 amide bonds.